The molecule has 1 aromatic carbocycles. The van der Waals surface area contributed by atoms with Gasteiger partial charge < -0.3 is 27.2 Å². The minimum atomic E-state index is -1.14. The second kappa shape index (κ2) is 10.5. The first-order chi connectivity index (χ1) is 12.2. The summed E-state index contributed by atoms with van der Waals surface area (Å²) in [5.41, 5.74) is 11.7. The lowest BCUT2D eigenvalue weighted by atomic mass is 10.0. The molecule has 0 bridgehead atoms. The second-order valence-electron chi connectivity index (χ2n) is 6.63. The lowest BCUT2D eigenvalue weighted by Gasteiger charge is -2.24. The molecular formula is C18H28N4O4. The SMILES string of the molecule is CC(C)CC(NC(=O)C(Cc1ccccc1)NC(=O)C(N)CO)C(N)=O. The Morgan fingerprint density at radius 2 is 1.62 bits per heavy atom. The molecule has 3 amide bonds. The number of carbonyl (C=O) groups excluding carboxylic acids is 3. The van der Waals surface area contributed by atoms with Gasteiger partial charge in [-0.05, 0) is 17.9 Å². The van der Waals surface area contributed by atoms with Crippen molar-refractivity contribution in [3.05, 3.63) is 35.9 Å². The topological polar surface area (TPSA) is 148 Å². The predicted octanol–water partition coefficient (Wildman–Crippen LogP) is -0.950. The zero-order valence-corrected chi connectivity index (χ0v) is 15.1. The summed E-state index contributed by atoms with van der Waals surface area (Å²) >= 11 is 0. The van der Waals surface area contributed by atoms with Gasteiger partial charge in [-0.3, -0.25) is 14.4 Å². The molecule has 0 aliphatic carbocycles. The number of aliphatic hydroxyl groups excluding tert-OH is 1. The fraction of sp³-hybridized carbons (Fsp3) is 0.500. The molecule has 8 nitrogen and oxygen atoms in total. The van der Waals surface area contributed by atoms with E-state index in [0.717, 1.165) is 5.56 Å². The Balaban J connectivity index is 2.92. The molecule has 0 saturated carbocycles. The summed E-state index contributed by atoms with van der Waals surface area (Å²) in [5, 5.41) is 14.1. The number of nitrogens with one attached hydrogen (secondary N) is 2. The maximum atomic E-state index is 12.7. The van der Waals surface area contributed by atoms with Gasteiger partial charge in [0, 0.05) is 6.42 Å². The summed E-state index contributed by atoms with van der Waals surface area (Å²) in [4.78, 5) is 36.3. The van der Waals surface area contributed by atoms with Crippen molar-refractivity contribution < 1.29 is 19.5 Å². The number of primary amides is 1. The first-order valence-electron chi connectivity index (χ1n) is 8.55. The number of benzene rings is 1. The van der Waals surface area contributed by atoms with Crippen LogP contribution in [-0.4, -0.2) is 47.6 Å². The van der Waals surface area contributed by atoms with Crippen molar-refractivity contribution in [3.8, 4) is 0 Å². The maximum absolute atomic E-state index is 12.7. The summed E-state index contributed by atoms with van der Waals surface area (Å²) in [5.74, 6) is -1.67. The van der Waals surface area contributed by atoms with Crippen LogP contribution in [0.25, 0.3) is 0 Å². The van der Waals surface area contributed by atoms with Crippen molar-refractivity contribution in [2.24, 2.45) is 17.4 Å². The highest BCUT2D eigenvalue weighted by molar-refractivity contribution is 5.92. The molecule has 0 heterocycles. The largest absolute Gasteiger partial charge is 0.394 e. The zero-order chi connectivity index (χ0) is 19.7. The molecule has 3 atom stereocenters. The fourth-order valence-corrected chi connectivity index (χ4v) is 2.41. The van der Waals surface area contributed by atoms with Crippen LogP contribution in [-0.2, 0) is 20.8 Å². The van der Waals surface area contributed by atoms with Crippen molar-refractivity contribution >= 4 is 17.7 Å². The van der Waals surface area contributed by atoms with E-state index in [-0.39, 0.29) is 12.3 Å². The van der Waals surface area contributed by atoms with E-state index < -0.39 is 42.5 Å². The van der Waals surface area contributed by atoms with Crippen LogP contribution >= 0.6 is 0 Å². The van der Waals surface area contributed by atoms with Crippen molar-refractivity contribution in [2.45, 2.75) is 44.8 Å². The number of amides is 3. The highest BCUT2D eigenvalue weighted by Crippen LogP contribution is 2.07. The lowest BCUT2D eigenvalue weighted by molar-refractivity contribution is -0.132. The van der Waals surface area contributed by atoms with E-state index in [2.05, 4.69) is 10.6 Å². The highest BCUT2D eigenvalue weighted by Gasteiger charge is 2.27. The van der Waals surface area contributed by atoms with E-state index in [9.17, 15) is 14.4 Å². The van der Waals surface area contributed by atoms with Crippen molar-refractivity contribution in [2.75, 3.05) is 6.61 Å². The Bertz CT molecular complexity index is 606. The Morgan fingerprint density at radius 3 is 2.12 bits per heavy atom. The number of hydrogen-bond donors (Lipinski definition) is 5. The average Bonchev–Trinajstić information content (AvgIpc) is 2.60. The van der Waals surface area contributed by atoms with Gasteiger partial charge in [-0.2, -0.15) is 0 Å². The normalized spacial score (nSPS) is 14.3. The van der Waals surface area contributed by atoms with E-state index in [1.54, 1.807) is 0 Å². The van der Waals surface area contributed by atoms with Crippen molar-refractivity contribution in [1.82, 2.24) is 10.6 Å². The van der Waals surface area contributed by atoms with Crippen molar-refractivity contribution in [3.63, 3.8) is 0 Å². The summed E-state index contributed by atoms with van der Waals surface area (Å²) in [7, 11) is 0. The quantitative estimate of drug-likeness (QED) is 0.363. The third-order valence-corrected chi connectivity index (χ3v) is 3.82. The first kappa shape index (κ1) is 21.6. The van der Waals surface area contributed by atoms with E-state index in [4.69, 9.17) is 16.6 Å². The van der Waals surface area contributed by atoms with E-state index >= 15 is 0 Å². The second-order valence-corrected chi connectivity index (χ2v) is 6.63. The van der Waals surface area contributed by atoms with Gasteiger partial charge in [-0.15, -0.1) is 0 Å². The van der Waals surface area contributed by atoms with Crippen LogP contribution in [0.1, 0.15) is 25.8 Å². The Kier molecular flexibility index (Phi) is 8.74. The molecule has 0 aromatic heterocycles. The molecule has 0 saturated heterocycles. The van der Waals surface area contributed by atoms with Gasteiger partial charge in [-0.1, -0.05) is 44.2 Å². The van der Waals surface area contributed by atoms with Gasteiger partial charge >= 0.3 is 0 Å². The van der Waals surface area contributed by atoms with Crippen molar-refractivity contribution in [1.29, 1.82) is 0 Å². The molecule has 3 unspecified atom stereocenters. The minimum absolute atomic E-state index is 0.151. The Hall–Kier alpha value is -2.45. The van der Waals surface area contributed by atoms with Crippen LogP contribution in [0.3, 0.4) is 0 Å². The molecule has 0 fully saturated rings. The molecule has 1 aromatic rings. The molecule has 8 heteroatoms. The van der Waals surface area contributed by atoms with Gasteiger partial charge in [0.05, 0.1) is 6.61 Å². The number of hydrogen-bond acceptors (Lipinski definition) is 5. The van der Waals surface area contributed by atoms with Crippen LogP contribution in [0.2, 0.25) is 0 Å². The molecule has 1 rings (SSSR count). The molecule has 7 N–H and O–H groups in total. The molecular weight excluding hydrogens is 336 g/mol. The minimum Gasteiger partial charge on any atom is -0.394 e. The van der Waals surface area contributed by atoms with Crippen LogP contribution in [0, 0.1) is 5.92 Å². The molecule has 0 radical (unpaired) electrons. The molecule has 26 heavy (non-hydrogen) atoms. The van der Waals surface area contributed by atoms with Gasteiger partial charge in [-0.25, -0.2) is 0 Å². The molecule has 0 aliphatic heterocycles. The van der Waals surface area contributed by atoms with Crippen LogP contribution < -0.4 is 22.1 Å². The van der Waals surface area contributed by atoms with Gasteiger partial charge in [0.2, 0.25) is 17.7 Å². The third-order valence-electron chi connectivity index (χ3n) is 3.82. The molecule has 0 aliphatic rings. The zero-order valence-electron chi connectivity index (χ0n) is 15.1. The molecule has 0 spiro atoms. The summed E-state index contributed by atoms with van der Waals surface area (Å²) in [6, 6.07) is 6.19. The number of aliphatic hydroxyl groups is 1. The van der Waals surface area contributed by atoms with Gasteiger partial charge in [0.15, 0.2) is 0 Å². The number of rotatable bonds is 10. The third kappa shape index (κ3) is 7.20. The molecule has 144 valence electrons. The summed E-state index contributed by atoms with van der Waals surface area (Å²) < 4.78 is 0. The maximum Gasteiger partial charge on any atom is 0.243 e. The highest BCUT2D eigenvalue weighted by atomic mass is 16.3. The standard InChI is InChI=1S/C18H28N4O4/c1-11(2)8-14(16(20)24)21-18(26)15(22-17(25)13(19)10-23)9-12-6-4-3-5-7-12/h3-7,11,13-15,23H,8-10,19H2,1-2H3,(H2,20,24)(H,21,26)(H,22,25). The summed E-state index contributed by atoms with van der Waals surface area (Å²) in [6.07, 6.45) is 0.604. The predicted molar refractivity (Wildman–Crippen MR) is 97.7 cm³/mol. The van der Waals surface area contributed by atoms with Crippen LogP contribution in [0.4, 0.5) is 0 Å². The number of nitrogens with two attached hydrogens (primary N) is 2. The Morgan fingerprint density at radius 1 is 1.04 bits per heavy atom. The fourth-order valence-electron chi connectivity index (χ4n) is 2.41. The summed E-state index contributed by atoms with van der Waals surface area (Å²) in [6.45, 7) is 3.28. The smallest absolute Gasteiger partial charge is 0.243 e. The van der Waals surface area contributed by atoms with Crippen LogP contribution in [0.5, 0.6) is 0 Å². The Labute approximate surface area is 153 Å². The van der Waals surface area contributed by atoms with E-state index in [1.165, 1.54) is 0 Å². The van der Waals surface area contributed by atoms with Gasteiger partial charge in [0.1, 0.15) is 18.1 Å². The van der Waals surface area contributed by atoms with Crippen LogP contribution in [0.15, 0.2) is 30.3 Å². The lowest BCUT2D eigenvalue weighted by Crippen LogP contribution is -2.56. The monoisotopic (exact) mass is 364 g/mol. The van der Waals surface area contributed by atoms with Gasteiger partial charge in [0.25, 0.3) is 0 Å². The van der Waals surface area contributed by atoms with E-state index in [1.807, 2.05) is 44.2 Å². The number of carbonyl (C=O) groups is 3. The van der Waals surface area contributed by atoms with E-state index in [0.29, 0.717) is 6.42 Å². The first-order valence-corrected chi connectivity index (χ1v) is 8.55. The average molecular weight is 364 g/mol.